The first kappa shape index (κ1) is 18.3. The summed E-state index contributed by atoms with van der Waals surface area (Å²) in [6.07, 6.45) is 1.51. The van der Waals surface area contributed by atoms with Crippen molar-refractivity contribution >= 4 is 29.9 Å². The number of benzene rings is 1. The van der Waals surface area contributed by atoms with Gasteiger partial charge in [0.2, 0.25) is 0 Å². The van der Waals surface area contributed by atoms with E-state index in [1.807, 2.05) is 20.0 Å². The standard InChI is InChI=1S/C14H19FN6.HI/c1-3-16-14(18-9-13-19-10-20-21(13)2)17-8-11-5-4-6-12(15)7-11;/h4-7,10H,3,8-9H2,1-2H3,(H2,16,17,18);1H. The summed E-state index contributed by atoms with van der Waals surface area (Å²) in [5.41, 5.74) is 0.825. The number of hydrogen-bond acceptors (Lipinski definition) is 3. The van der Waals surface area contributed by atoms with E-state index in [1.165, 1.54) is 18.5 Å². The van der Waals surface area contributed by atoms with Crippen molar-refractivity contribution in [1.82, 2.24) is 25.4 Å². The fourth-order valence-electron chi connectivity index (χ4n) is 1.79. The minimum atomic E-state index is -0.250. The van der Waals surface area contributed by atoms with Gasteiger partial charge in [-0.15, -0.1) is 24.0 Å². The van der Waals surface area contributed by atoms with Crippen molar-refractivity contribution in [2.24, 2.45) is 12.0 Å². The van der Waals surface area contributed by atoms with Crippen molar-refractivity contribution in [3.63, 3.8) is 0 Å². The highest BCUT2D eigenvalue weighted by molar-refractivity contribution is 14.0. The van der Waals surface area contributed by atoms with Gasteiger partial charge in [0.25, 0.3) is 0 Å². The third-order valence-corrected chi connectivity index (χ3v) is 2.87. The average Bonchev–Trinajstić information content (AvgIpc) is 2.87. The molecule has 6 nitrogen and oxygen atoms in total. The summed E-state index contributed by atoms with van der Waals surface area (Å²) < 4.78 is 14.8. The Kier molecular flexibility index (Phi) is 7.78. The van der Waals surface area contributed by atoms with Crippen molar-refractivity contribution in [3.8, 4) is 0 Å². The molecule has 1 aromatic carbocycles. The molecule has 0 aliphatic rings. The van der Waals surface area contributed by atoms with E-state index in [1.54, 1.807) is 10.7 Å². The van der Waals surface area contributed by atoms with Gasteiger partial charge in [-0.3, -0.25) is 4.68 Å². The molecule has 120 valence electrons. The van der Waals surface area contributed by atoms with Crippen LogP contribution in [0.15, 0.2) is 35.6 Å². The molecular formula is C14H20FIN6. The predicted octanol–water partition coefficient (Wildman–Crippen LogP) is 1.83. The molecule has 0 unspecified atom stereocenters. The Morgan fingerprint density at radius 3 is 2.82 bits per heavy atom. The number of halogens is 2. The highest BCUT2D eigenvalue weighted by Crippen LogP contribution is 2.04. The van der Waals surface area contributed by atoms with E-state index < -0.39 is 0 Å². The average molecular weight is 418 g/mol. The number of hydrogen-bond donors (Lipinski definition) is 2. The Bertz CT molecular complexity index is 613. The summed E-state index contributed by atoms with van der Waals surface area (Å²) in [5.74, 6) is 1.22. The maximum absolute atomic E-state index is 13.1. The molecule has 0 bridgehead atoms. The van der Waals surface area contributed by atoms with Gasteiger partial charge in [0, 0.05) is 13.6 Å². The number of aliphatic imine (C=N–C) groups is 1. The maximum Gasteiger partial charge on any atom is 0.191 e. The minimum Gasteiger partial charge on any atom is -0.357 e. The second-order valence-corrected chi connectivity index (χ2v) is 4.48. The van der Waals surface area contributed by atoms with E-state index in [4.69, 9.17) is 0 Å². The predicted molar refractivity (Wildman–Crippen MR) is 94.5 cm³/mol. The SMILES string of the molecule is CCNC(=NCc1cccc(F)c1)NCc1ncnn1C.I. The molecule has 1 heterocycles. The first-order valence-corrected chi connectivity index (χ1v) is 6.78. The van der Waals surface area contributed by atoms with E-state index in [2.05, 4.69) is 25.7 Å². The van der Waals surface area contributed by atoms with Crippen LogP contribution >= 0.6 is 24.0 Å². The Labute approximate surface area is 146 Å². The zero-order valence-corrected chi connectivity index (χ0v) is 14.9. The van der Waals surface area contributed by atoms with E-state index in [9.17, 15) is 4.39 Å². The van der Waals surface area contributed by atoms with Crippen molar-refractivity contribution in [2.45, 2.75) is 20.0 Å². The van der Waals surface area contributed by atoms with Crippen LogP contribution in [0.25, 0.3) is 0 Å². The monoisotopic (exact) mass is 418 g/mol. The van der Waals surface area contributed by atoms with Crippen LogP contribution in [0.5, 0.6) is 0 Å². The van der Waals surface area contributed by atoms with E-state index in [0.717, 1.165) is 17.9 Å². The molecule has 2 aromatic rings. The third kappa shape index (κ3) is 5.58. The number of rotatable bonds is 5. The van der Waals surface area contributed by atoms with Gasteiger partial charge >= 0.3 is 0 Å². The van der Waals surface area contributed by atoms with E-state index >= 15 is 0 Å². The molecule has 0 radical (unpaired) electrons. The number of aromatic nitrogens is 3. The van der Waals surface area contributed by atoms with Gasteiger partial charge in [-0.1, -0.05) is 12.1 Å². The maximum atomic E-state index is 13.1. The zero-order valence-electron chi connectivity index (χ0n) is 12.6. The molecule has 8 heteroatoms. The fourth-order valence-corrected chi connectivity index (χ4v) is 1.79. The summed E-state index contributed by atoms with van der Waals surface area (Å²) >= 11 is 0. The Balaban J connectivity index is 0.00000242. The summed E-state index contributed by atoms with van der Waals surface area (Å²) in [4.78, 5) is 8.56. The topological polar surface area (TPSA) is 67.1 Å². The quantitative estimate of drug-likeness (QED) is 0.442. The van der Waals surface area contributed by atoms with Crippen LogP contribution in [-0.4, -0.2) is 27.3 Å². The second kappa shape index (κ2) is 9.34. The lowest BCUT2D eigenvalue weighted by Gasteiger charge is -2.10. The van der Waals surface area contributed by atoms with Crippen molar-refractivity contribution in [3.05, 3.63) is 47.8 Å². The lowest BCUT2D eigenvalue weighted by molar-refractivity contribution is 0.625. The largest absolute Gasteiger partial charge is 0.357 e. The van der Waals surface area contributed by atoms with Crippen LogP contribution in [0.4, 0.5) is 4.39 Å². The Morgan fingerprint density at radius 1 is 1.36 bits per heavy atom. The lowest BCUT2D eigenvalue weighted by Crippen LogP contribution is -2.37. The number of aryl methyl sites for hydroxylation is 1. The van der Waals surface area contributed by atoms with Crippen LogP contribution in [0.3, 0.4) is 0 Å². The van der Waals surface area contributed by atoms with Gasteiger partial charge in [0.1, 0.15) is 18.0 Å². The molecule has 0 saturated heterocycles. The first-order chi connectivity index (χ1) is 10.2. The van der Waals surface area contributed by atoms with Gasteiger partial charge in [-0.2, -0.15) is 5.10 Å². The Hall–Kier alpha value is -1.71. The molecule has 2 rings (SSSR count). The van der Waals surface area contributed by atoms with E-state index in [-0.39, 0.29) is 29.8 Å². The molecule has 0 atom stereocenters. The molecule has 2 N–H and O–H groups in total. The molecule has 0 amide bonds. The highest BCUT2D eigenvalue weighted by atomic mass is 127. The number of nitrogens with one attached hydrogen (secondary N) is 2. The summed E-state index contributed by atoms with van der Waals surface area (Å²) in [6, 6.07) is 6.43. The van der Waals surface area contributed by atoms with Gasteiger partial charge in [0.05, 0.1) is 13.1 Å². The van der Waals surface area contributed by atoms with Gasteiger partial charge in [-0.25, -0.2) is 14.4 Å². The molecule has 0 aliphatic heterocycles. The van der Waals surface area contributed by atoms with E-state index in [0.29, 0.717) is 19.0 Å². The molecule has 22 heavy (non-hydrogen) atoms. The van der Waals surface area contributed by atoms with Gasteiger partial charge < -0.3 is 10.6 Å². The Morgan fingerprint density at radius 2 is 2.18 bits per heavy atom. The van der Waals surface area contributed by atoms with Gasteiger partial charge in [-0.05, 0) is 24.6 Å². The fraction of sp³-hybridized carbons (Fsp3) is 0.357. The third-order valence-electron chi connectivity index (χ3n) is 2.87. The lowest BCUT2D eigenvalue weighted by atomic mass is 10.2. The van der Waals surface area contributed by atoms with Crippen LogP contribution in [0, 0.1) is 5.82 Å². The number of guanidine groups is 1. The molecular weight excluding hydrogens is 398 g/mol. The first-order valence-electron chi connectivity index (χ1n) is 6.78. The van der Waals surface area contributed by atoms with Crippen LogP contribution in [0.1, 0.15) is 18.3 Å². The molecule has 0 spiro atoms. The van der Waals surface area contributed by atoms with Crippen LogP contribution in [-0.2, 0) is 20.1 Å². The molecule has 0 saturated carbocycles. The van der Waals surface area contributed by atoms with Crippen LogP contribution in [0.2, 0.25) is 0 Å². The second-order valence-electron chi connectivity index (χ2n) is 4.48. The minimum absolute atomic E-state index is 0. The normalized spacial score (nSPS) is 11.0. The van der Waals surface area contributed by atoms with Crippen LogP contribution < -0.4 is 10.6 Å². The molecule has 0 fully saturated rings. The van der Waals surface area contributed by atoms with Crippen molar-refractivity contribution in [2.75, 3.05) is 6.54 Å². The van der Waals surface area contributed by atoms with Crippen molar-refractivity contribution in [1.29, 1.82) is 0 Å². The summed E-state index contributed by atoms with van der Waals surface area (Å²) in [7, 11) is 1.83. The summed E-state index contributed by atoms with van der Waals surface area (Å²) in [6.45, 7) is 3.66. The molecule has 1 aromatic heterocycles. The number of nitrogens with zero attached hydrogens (tertiary/aromatic N) is 4. The zero-order chi connectivity index (χ0) is 15.1. The summed E-state index contributed by atoms with van der Waals surface area (Å²) in [5, 5.41) is 10.3. The molecule has 0 aliphatic carbocycles. The van der Waals surface area contributed by atoms with Crippen molar-refractivity contribution < 1.29 is 4.39 Å². The smallest absolute Gasteiger partial charge is 0.191 e. The van der Waals surface area contributed by atoms with Gasteiger partial charge in [0.15, 0.2) is 5.96 Å². The highest BCUT2D eigenvalue weighted by Gasteiger charge is 2.02.